The molecule has 0 bridgehead atoms. The minimum Gasteiger partial charge on any atom is -0.494 e. The van der Waals surface area contributed by atoms with E-state index >= 15 is 0 Å². The molecule has 5 nitrogen and oxygen atoms in total. The third-order valence-corrected chi connectivity index (χ3v) is 3.41. The van der Waals surface area contributed by atoms with Crippen LogP contribution in [0.3, 0.4) is 0 Å². The summed E-state index contributed by atoms with van der Waals surface area (Å²) in [5.41, 5.74) is 6.47. The molecule has 1 aliphatic rings. The smallest absolute Gasteiger partial charge is 0.257 e. The molecule has 1 aliphatic heterocycles. The summed E-state index contributed by atoms with van der Waals surface area (Å²) in [5, 5.41) is 0. The fourth-order valence-corrected chi connectivity index (χ4v) is 2.38. The molecule has 1 saturated heterocycles. The van der Waals surface area contributed by atoms with Gasteiger partial charge in [0.05, 0.1) is 18.9 Å². The molecule has 2 heterocycles. The van der Waals surface area contributed by atoms with Gasteiger partial charge < -0.3 is 15.4 Å². The van der Waals surface area contributed by atoms with Crippen molar-refractivity contribution in [1.82, 2.24) is 9.88 Å². The number of carbonyl (C=O) groups excluding carboxylic acids is 1. The maximum atomic E-state index is 12.5. The maximum absolute atomic E-state index is 12.5. The third-order valence-electron chi connectivity index (χ3n) is 3.41. The second-order valence-electron chi connectivity index (χ2n) is 4.71. The van der Waals surface area contributed by atoms with Crippen molar-refractivity contribution >= 4 is 5.91 Å². The highest BCUT2D eigenvalue weighted by Gasteiger charge is 2.29. The van der Waals surface area contributed by atoms with E-state index in [1.165, 1.54) is 0 Å². The Morgan fingerprint density at radius 2 is 2.39 bits per heavy atom. The van der Waals surface area contributed by atoms with Crippen LogP contribution >= 0.6 is 0 Å². The number of amides is 1. The molecule has 5 heteroatoms. The molecule has 0 aliphatic carbocycles. The fourth-order valence-electron chi connectivity index (χ4n) is 2.38. The van der Waals surface area contributed by atoms with Gasteiger partial charge in [0.2, 0.25) is 0 Å². The van der Waals surface area contributed by atoms with Gasteiger partial charge in [0.25, 0.3) is 5.91 Å². The highest BCUT2D eigenvalue weighted by atomic mass is 16.5. The Balaban J connectivity index is 2.20. The van der Waals surface area contributed by atoms with Crippen molar-refractivity contribution in [1.29, 1.82) is 0 Å². The van der Waals surface area contributed by atoms with Crippen LogP contribution in [0.25, 0.3) is 0 Å². The number of piperidine rings is 1. The van der Waals surface area contributed by atoms with E-state index in [0.29, 0.717) is 17.9 Å². The van der Waals surface area contributed by atoms with Crippen LogP contribution in [-0.4, -0.2) is 41.5 Å². The number of methoxy groups -OCH3 is 1. The number of nitrogens with two attached hydrogens (primary N) is 1. The van der Waals surface area contributed by atoms with Crippen LogP contribution in [-0.2, 0) is 0 Å². The summed E-state index contributed by atoms with van der Waals surface area (Å²) in [7, 11) is 1.54. The Morgan fingerprint density at radius 1 is 1.61 bits per heavy atom. The first-order chi connectivity index (χ1) is 8.63. The average molecular weight is 249 g/mol. The van der Waals surface area contributed by atoms with Crippen LogP contribution in [0.1, 0.15) is 30.1 Å². The van der Waals surface area contributed by atoms with Crippen molar-refractivity contribution < 1.29 is 9.53 Å². The summed E-state index contributed by atoms with van der Waals surface area (Å²) in [6, 6.07) is 2.06. The van der Waals surface area contributed by atoms with Crippen molar-refractivity contribution in [3.8, 4) is 5.75 Å². The average Bonchev–Trinajstić information content (AvgIpc) is 2.38. The minimum atomic E-state index is -0.00588. The van der Waals surface area contributed by atoms with Crippen LogP contribution in [0.15, 0.2) is 18.5 Å². The Morgan fingerprint density at radius 3 is 3.06 bits per heavy atom. The largest absolute Gasteiger partial charge is 0.494 e. The van der Waals surface area contributed by atoms with E-state index in [2.05, 4.69) is 4.98 Å². The number of hydrogen-bond acceptors (Lipinski definition) is 4. The van der Waals surface area contributed by atoms with Gasteiger partial charge in [-0.3, -0.25) is 9.78 Å². The van der Waals surface area contributed by atoms with Gasteiger partial charge in [-0.05, 0) is 25.8 Å². The number of aromatic nitrogens is 1. The molecule has 0 saturated carbocycles. The zero-order valence-electron chi connectivity index (χ0n) is 10.8. The number of rotatable bonds is 2. The first kappa shape index (κ1) is 12.8. The summed E-state index contributed by atoms with van der Waals surface area (Å²) in [6.45, 7) is 2.73. The predicted molar refractivity (Wildman–Crippen MR) is 68.5 cm³/mol. The summed E-state index contributed by atoms with van der Waals surface area (Å²) in [4.78, 5) is 18.3. The Kier molecular flexibility index (Phi) is 3.81. The molecule has 2 atom stereocenters. The van der Waals surface area contributed by atoms with Crippen LogP contribution in [0, 0.1) is 0 Å². The molecule has 1 fully saturated rings. The molecule has 1 aromatic heterocycles. The number of hydrogen-bond donors (Lipinski definition) is 1. The molecule has 0 radical (unpaired) electrons. The Hall–Kier alpha value is -1.62. The standard InChI is InChI=1S/C13H19N3O2/c1-9-7-10(14)4-6-16(9)13(17)11-3-5-15-8-12(11)18-2/h3,5,8-10H,4,6-7,14H2,1-2H3. The molecular weight excluding hydrogens is 230 g/mol. The number of carbonyl (C=O) groups is 1. The molecule has 0 spiro atoms. The van der Waals surface area contributed by atoms with Gasteiger partial charge in [-0.15, -0.1) is 0 Å². The molecule has 2 unspecified atom stereocenters. The van der Waals surface area contributed by atoms with E-state index in [1.54, 1.807) is 25.6 Å². The molecule has 1 aromatic rings. The Bertz CT molecular complexity index is 436. The van der Waals surface area contributed by atoms with Gasteiger partial charge in [0, 0.05) is 24.8 Å². The predicted octanol–water partition coefficient (Wildman–Crippen LogP) is 1.04. The molecule has 1 amide bonds. The lowest BCUT2D eigenvalue weighted by molar-refractivity contribution is 0.0615. The first-order valence-electron chi connectivity index (χ1n) is 6.18. The van der Waals surface area contributed by atoms with Gasteiger partial charge in [-0.25, -0.2) is 0 Å². The van der Waals surface area contributed by atoms with Crippen LogP contribution in [0.4, 0.5) is 0 Å². The third kappa shape index (κ3) is 2.46. The highest BCUT2D eigenvalue weighted by Crippen LogP contribution is 2.23. The number of pyridine rings is 1. The van der Waals surface area contributed by atoms with Gasteiger partial charge in [-0.1, -0.05) is 0 Å². The van der Waals surface area contributed by atoms with Crippen LogP contribution in [0.2, 0.25) is 0 Å². The quantitative estimate of drug-likeness (QED) is 0.850. The first-order valence-corrected chi connectivity index (χ1v) is 6.18. The van der Waals surface area contributed by atoms with Gasteiger partial charge >= 0.3 is 0 Å². The van der Waals surface area contributed by atoms with E-state index in [-0.39, 0.29) is 18.0 Å². The van der Waals surface area contributed by atoms with Crippen molar-refractivity contribution in [3.05, 3.63) is 24.0 Å². The topological polar surface area (TPSA) is 68.5 Å². The van der Waals surface area contributed by atoms with E-state index < -0.39 is 0 Å². The maximum Gasteiger partial charge on any atom is 0.257 e. The highest BCUT2D eigenvalue weighted by molar-refractivity contribution is 5.97. The molecule has 98 valence electrons. The van der Waals surface area contributed by atoms with Crippen LogP contribution < -0.4 is 10.5 Å². The van der Waals surface area contributed by atoms with Crippen molar-refractivity contribution in [2.45, 2.75) is 31.8 Å². The SMILES string of the molecule is COc1cnccc1C(=O)N1CCC(N)CC1C. The number of likely N-dealkylation sites (tertiary alicyclic amines) is 1. The summed E-state index contributed by atoms with van der Waals surface area (Å²) >= 11 is 0. The zero-order valence-corrected chi connectivity index (χ0v) is 10.8. The number of nitrogens with zero attached hydrogens (tertiary/aromatic N) is 2. The normalized spacial score (nSPS) is 23.8. The fraction of sp³-hybridized carbons (Fsp3) is 0.538. The number of ether oxygens (including phenoxy) is 1. The second kappa shape index (κ2) is 5.35. The van der Waals surface area contributed by atoms with Crippen molar-refractivity contribution in [3.63, 3.8) is 0 Å². The van der Waals surface area contributed by atoms with Gasteiger partial charge in [0.15, 0.2) is 0 Å². The summed E-state index contributed by atoms with van der Waals surface area (Å²) in [6.07, 6.45) is 4.87. The lowest BCUT2D eigenvalue weighted by Crippen LogP contribution is -2.48. The molecular formula is C13H19N3O2. The van der Waals surface area contributed by atoms with E-state index in [9.17, 15) is 4.79 Å². The van der Waals surface area contributed by atoms with Gasteiger partial charge in [0.1, 0.15) is 5.75 Å². The lowest BCUT2D eigenvalue weighted by atomic mass is 9.98. The van der Waals surface area contributed by atoms with E-state index in [0.717, 1.165) is 12.8 Å². The zero-order chi connectivity index (χ0) is 13.1. The second-order valence-corrected chi connectivity index (χ2v) is 4.71. The van der Waals surface area contributed by atoms with E-state index in [4.69, 9.17) is 10.5 Å². The molecule has 2 rings (SSSR count). The summed E-state index contributed by atoms with van der Waals surface area (Å²) < 4.78 is 5.18. The summed E-state index contributed by atoms with van der Waals surface area (Å²) in [5.74, 6) is 0.512. The van der Waals surface area contributed by atoms with Crippen LogP contribution in [0.5, 0.6) is 5.75 Å². The Labute approximate surface area is 107 Å². The molecule has 0 aromatic carbocycles. The lowest BCUT2D eigenvalue weighted by Gasteiger charge is -2.36. The van der Waals surface area contributed by atoms with Crippen molar-refractivity contribution in [2.75, 3.05) is 13.7 Å². The molecule has 2 N–H and O–H groups in total. The molecule has 18 heavy (non-hydrogen) atoms. The minimum absolute atomic E-state index is 0.00588. The van der Waals surface area contributed by atoms with Crippen molar-refractivity contribution in [2.24, 2.45) is 5.73 Å². The van der Waals surface area contributed by atoms with E-state index in [1.807, 2.05) is 11.8 Å². The van der Waals surface area contributed by atoms with Gasteiger partial charge in [-0.2, -0.15) is 0 Å². The monoisotopic (exact) mass is 249 g/mol.